The van der Waals surface area contributed by atoms with E-state index in [1.54, 1.807) is 18.4 Å². The molecule has 0 aliphatic rings. The maximum Gasteiger partial charge on any atom is 0.234 e. The lowest BCUT2D eigenvalue weighted by molar-refractivity contribution is -0.113. The number of nitrogens with zero attached hydrogens (tertiary/aromatic N) is 2. The van der Waals surface area contributed by atoms with Crippen LogP contribution in [-0.4, -0.2) is 28.7 Å². The minimum absolute atomic E-state index is 0.0849. The smallest absolute Gasteiger partial charge is 0.234 e. The maximum atomic E-state index is 12.5. The first-order chi connectivity index (χ1) is 12.9. The Labute approximate surface area is 167 Å². The van der Waals surface area contributed by atoms with Crippen LogP contribution in [0.4, 0.5) is 5.69 Å². The lowest BCUT2D eigenvalue weighted by Gasteiger charge is -2.11. The second-order valence-electron chi connectivity index (χ2n) is 6.30. The molecule has 3 aromatic rings. The van der Waals surface area contributed by atoms with Crippen molar-refractivity contribution in [1.29, 1.82) is 0 Å². The van der Waals surface area contributed by atoms with Crippen molar-refractivity contribution >= 4 is 44.9 Å². The first-order valence-corrected chi connectivity index (χ1v) is 10.6. The Morgan fingerprint density at radius 2 is 2.04 bits per heavy atom. The molecule has 3 rings (SSSR count). The summed E-state index contributed by atoms with van der Waals surface area (Å²) in [5, 5.41) is 4.89. The number of carbonyl (C=O) groups is 1. The molecule has 142 valence electrons. The van der Waals surface area contributed by atoms with Crippen molar-refractivity contribution in [3.05, 3.63) is 40.0 Å². The van der Waals surface area contributed by atoms with Crippen LogP contribution in [0.3, 0.4) is 0 Å². The van der Waals surface area contributed by atoms with Crippen molar-refractivity contribution in [3.8, 4) is 5.75 Å². The molecular formula is C20H23N3O2S2. The van der Waals surface area contributed by atoms with Gasteiger partial charge < -0.3 is 10.1 Å². The molecule has 0 atom stereocenters. The maximum absolute atomic E-state index is 12.5. The van der Waals surface area contributed by atoms with Gasteiger partial charge in [0, 0.05) is 16.7 Å². The highest BCUT2D eigenvalue weighted by Crippen LogP contribution is 2.35. The zero-order valence-corrected chi connectivity index (χ0v) is 17.8. The van der Waals surface area contributed by atoms with Gasteiger partial charge in [-0.25, -0.2) is 9.97 Å². The van der Waals surface area contributed by atoms with Gasteiger partial charge in [-0.1, -0.05) is 24.8 Å². The number of rotatable bonds is 6. The summed E-state index contributed by atoms with van der Waals surface area (Å²) < 4.78 is 5.33. The summed E-state index contributed by atoms with van der Waals surface area (Å²) in [6.07, 6.45) is 0.770. The van der Waals surface area contributed by atoms with Gasteiger partial charge in [0.2, 0.25) is 5.91 Å². The minimum Gasteiger partial charge on any atom is -0.495 e. The van der Waals surface area contributed by atoms with Gasteiger partial charge >= 0.3 is 0 Å². The predicted molar refractivity (Wildman–Crippen MR) is 113 cm³/mol. The van der Waals surface area contributed by atoms with Crippen LogP contribution < -0.4 is 10.1 Å². The molecule has 1 N–H and O–H groups in total. The van der Waals surface area contributed by atoms with Crippen LogP contribution in [0.2, 0.25) is 0 Å². The van der Waals surface area contributed by atoms with Crippen LogP contribution in [0, 0.1) is 20.8 Å². The standard InChI is InChI=1S/C20H23N3O2S2/c1-6-16-22-19(18-12(3)13(4)27-20(18)23-16)26-10-17(24)21-14-9-11(2)7-8-15(14)25-5/h7-9H,6,10H2,1-5H3,(H,21,24). The van der Waals surface area contributed by atoms with E-state index < -0.39 is 0 Å². The first kappa shape index (κ1) is 19.6. The molecule has 0 bridgehead atoms. The van der Waals surface area contributed by atoms with Gasteiger partial charge in [-0.05, 0) is 44.0 Å². The second kappa shape index (κ2) is 8.27. The van der Waals surface area contributed by atoms with Crippen LogP contribution in [0.1, 0.15) is 28.8 Å². The number of benzene rings is 1. The SMILES string of the molecule is CCc1nc(SCC(=O)Nc2cc(C)ccc2OC)c2c(C)c(C)sc2n1. The van der Waals surface area contributed by atoms with Gasteiger partial charge in [-0.3, -0.25) is 4.79 Å². The Morgan fingerprint density at radius 3 is 2.74 bits per heavy atom. The number of nitrogens with one attached hydrogen (secondary N) is 1. The molecule has 2 aromatic heterocycles. The summed E-state index contributed by atoms with van der Waals surface area (Å²) in [6, 6.07) is 5.72. The lowest BCUT2D eigenvalue weighted by atomic mass is 10.2. The molecular weight excluding hydrogens is 378 g/mol. The molecule has 0 unspecified atom stereocenters. The summed E-state index contributed by atoms with van der Waals surface area (Å²) in [5.41, 5.74) is 2.95. The molecule has 0 saturated heterocycles. The van der Waals surface area contributed by atoms with Crippen molar-refractivity contribution in [2.45, 2.75) is 39.1 Å². The Bertz CT molecular complexity index is 999. The van der Waals surface area contributed by atoms with Gasteiger partial charge in [0.25, 0.3) is 0 Å². The largest absolute Gasteiger partial charge is 0.495 e. The average Bonchev–Trinajstić information content (AvgIpc) is 2.94. The summed E-state index contributed by atoms with van der Waals surface area (Å²) in [4.78, 5) is 24.1. The van der Waals surface area contributed by atoms with Gasteiger partial charge in [-0.2, -0.15) is 0 Å². The summed E-state index contributed by atoms with van der Waals surface area (Å²) in [7, 11) is 1.60. The number of hydrogen-bond acceptors (Lipinski definition) is 6. The summed E-state index contributed by atoms with van der Waals surface area (Å²) in [5.74, 6) is 1.66. The topological polar surface area (TPSA) is 64.1 Å². The fourth-order valence-electron chi connectivity index (χ4n) is 2.76. The second-order valence-corrected chi connectivity index (χ2v) is 8.47. The molecule has 0 aliphatic carbocycles. The summed E-state index contributed by atoms with van der Waals surface area (Å²) in [6.45, 7) is 8.21. The van der Waals surface area contributed by atoms with Crippen LogP contribution in [0.5, 0.6) is 5.75 Å². The molecule has 0 spiro atoms. The van der Waals surface area contributed by atoms with E-state index in [1.807, 2.05) is 32.0 Å². The predicted octanol–water partition coefficient (Wildman–Crippen LogP) is 4.92. The van der Waals surface area contributed by atoms with E-state index in [2.05, 4.69) is 29.1 Å². The van der Waals surface area contributed by atoms with Crippen molar-refractivity contribution < 1.29 is 9.53 Å². The van der Waals surface area contributed by atoms with Crippen LogP contribution in [0.25, 0.3) is 10.2 Å². The number of amides is 1. The fourth-order valence-corrected chi connectivity index (χ4v) is 4.77. The number of ether oxygens (including phenoxy) is 1. The third kappa shape index (κ3) is 4.25. The van der Waals surface area contributed by atoms with E-state index in [0.717, 1.165) is 33.1 Å². The number of aromatic nitrogens is 2. The quantitative estimate of drug-likeness (QED) is 0.469. The Morgan fingerprint density at radius 1 is 1.26 bits per heavy atom. The molecule has 1 amide bonds. The number of fused-ring (bicyclic) bond motifs is 1. The molecule has 0 saturated carbocycles. The van der Waals surface area contributed by atoms with E-state index in [0.29, 0.717) is 11.4 Å². The molecule has 5 nitrogen and oxygen atoms in total. The van der Waals surface area contributed by atoms with Crippen molar-refractivity contribution in [2.75, 3.05) is 18.2 Å². The van der Waals surface area contributed by atoms with Gasteiger partial charge in [0.05, 0.1) is 18.6 Å². The van der Waals surface area contributed by atoms with Gasteiger partial charge in [0.1, 0.15) is 21.4 Å². The fraction of sp³-hybridized carbons (Fsp3) is 0.350. The van der Waals surface area contributed by atoms with Crippen LogP contribution >= 0.6 is 23.1 Å². The number of anilines is 1. The van der Waals surface area contributed by atoms with Crippen LogP contribution in [0.15, 0.2) is 23.2 Å². The monoisotopic (exact) mass is 401 g/mol. The molecule has 0 fully saturated rings. The number of methoxy groups -OCH3 is 1. The van der Waals surface area contributed by atoms with Crippen molar-refractivity contribution in [2.24, 2.45) is 0 Å². The molecule has 2 heterocycles. The third-order valence-electron chi connectivity index (χ3n) is 4.33. The van der Waals surface area contributed by atoms with Crippen molar-refractivity contribution in [1.82, 2.24) is 9.97 Å². The highest BCUT2D eigenvalue weighted by Gasteiger charge is 2.16. The average molecular weight is 402 g/mol. The van der Waals surface area contributed by atoms with Gasteiger partial charge in [0.15, 0.2) is 0 Å². The molecule has 27 heavy (non-hydrogen) atoms. The van der Waals surface area contributed by atoms with E-state index in [1.165, 1.54) is 22.2 Å². The van der Waals surface area contributed by atoms with Crippen LogP contribution in [-0.2, 0) is 11.2 Å². The first-order valence-electron chi connectivity index (χ1n) is 8.76. The molecule has 0 radical (unpaired) electrons. The molecule has 7 heteroatoms. The number of thioether (sulfide) groups is 1. The number of aryl methyl sites for hydroxylation is 4. The van der Waals surface area contributed by atoms with E-state index >= 15 is 0 Å². The number of carbonyl (C=O) groups excluding carboxylic acids is 1. The van der Waals surface area contributed by atoms with E-state index in [4.69, 9.17) is 4.74 Å². The van der Waals surface area contributed by atoms with E-state index in [9.17, 15) is 4.79 Å². The Kier molecular flexibility index (Phi) is 6.01. The molecule has 0 aliphatic heterocycles. The molecule has 1 aromatic carbocycles. The zero-order chi connectivity index (χ0) is 19.6. The third-order valence-corrected chi connectivity index (χ3v) is 6.40. The summed E-state index contributed by atoms with van der Waals surface area (Å²) >= 11 is 3.14. The minimum atomic E-state index is -0.0849. The number of hydrogen-bond donors (Lipinski definition) is 1. The normalized spacial score (nSPS) is 11.0. The van der Waals surface area contributed by atoms with E-state index in [-0.39, 0.29) is 11.7 Å². The Balaban J connectivity index is 1.80. The highest BCUT2D eigenvalue weighted by molar-refractivity contribution is 8.00. The highest BCUT2D eigenvalue weighted by atomic mass is 32.2. The zero-order valence-electron chi connectivity index (χ0n) is 16.2. The van der Waals surface area contributed by atoms with Gasteiger partial charge in [-0.15, -0.1) is 11.3 Å². The number of thiophene rings is 1. The Hall–Kier alpha value is -2.12. The lowest BCUT2D eigenvalue weighted by Crippen LogP contribution is -2.15. The van der Waals surface area contributed by atoms with Crippen molar-refractivity contribution in [3.63, 3.8) is 0 Å².